The number of benzene rings is 1. The summed E-state index contributed by atoms with van der Waals surface area (Å²) in [6.07, 6.45) is 8.29. The maximum atomic E-state index is 10.4. The van der Waals surface area contributed by atoms with Gasteiger partial charge in [0.15, 0.2) is 0 Å². The van der Waals surface area contributed by atoms with Crippen LogP contribution in [0.4, 0.5) is 0 Å². The SMILES string of the molecule is CCCCC(CC)CC(O)c1ccc(C2CC2)cc1. The van der Waals surface area contributed by atoms with Crippen LogP contribution in [-0.4, -0.2) is 5.11 Å². The fourth-order valence-electron chi connectivity index (χ4n) is 2.84. The first kappa shape index (κ1) is 14.6. The van der Waals surface area contributed by atoms with Crippen LogP contribution in [-0.2, 0) is 0 Å². The molecule has 2 rings (SSSR count). The number of aliphatic hydroxyl groups excluding tert-OH is 1. The third kappa shape index (κ3) is 4.35. The van der Waals surface area contributed by atoms with Gasteiger partial charge >= 0.3 is 0 Å². The summed E-state index contributed by atoms with van der Waals surface area (Å²) in [5.74, 6) is 1.47. The Balaban J connectivity index is 1.88. The van der Waals surface area contributed by atoms with E-state index in [4.69, 9.17) is 0 Å². The molecule has 19 heavy (non-hydrogen) atoms. The molecule has 0 heterocycles. The van der Waals surface area contributed by atoms with Gasteiger partial charge in [0.25, 0.3) is 0 Å². The lowest BCUT2D eigenvalue weighted by Crippen LogP contribution is -2.07. The summed E-state index contributed by atoms with van der Waals surface area (Å²) in [5.41, 5.74) is 2.55. The third-order valence-corrected chi connectivity index (χ3v) is 4.47. The number of hydrogen-bond donors (Lipinski definition) is 1. The van der Waals surface area contributed by atoms with Crippen molar-refractivity contribution >= 4 is 0 Å². The first-order chi connectivity index (χ1) is 9.24. The van der Waals surface area contributed by atoms with E-state index in [1.807, 2.05) is 0 Å². The van der Waals surface area contributed by atoms with Gasteiger partial charge in [-0.3, -0.25) is 0 Å². The van der Waals surface area contributed by atoms with E-state index in [9.17, 15) is 5.11 Å². The zero-order chi connectivity index (χ0) is 13.7. The highest BCUT2D eigenvalue weighted by atomic mass is 16.3. The van der Waals surface area contributed by atoms with Crippen LogP contribution in [0.2, 0.25) is 0 Å². The zero-order valence-electron chi connectivity index (χ0n) is 12.4. The van der Waals surface area contributed by atoms with E-state index >= 15 is 0 Å². The van der Waals surface area contributed by atoms with Crippen molar-refractivity contribution in [2.45, 2.75) is 70.8 Å². The maximum absolute atomic E-state index is 10.4. The first-order valence-corrected chi connectivity index (χ1v) is 8.02. The van der Waals surface area contributed by atoms with Gasteiger partial charge in [-0.2, -0.15) is 0 Å². The van der Waals surface area contributed by atoms with Gasteiger partial charge in [-0.25, -0.2) is 0 Å². The molecule has 1 nitrogen and oxygen atoms in total. The highest BCUT2D eigenvalue weighted by Gasteiger charge is 2.23. The Bertz CT molecular complexity index is 364. The summed E-state index contributed by atoms with van der Waals surface area (Å²) in [7, 11) is 0. The zero-order valence-corrected chi connectivity index (χ0v) is 12.4. The van der Waals surface area contributed by atoms with E-state index in [0.29, 0.717) is 5.92 Å². The second-order valence-electron chi connectivity index (χ2n) is 6.11. The Kier molecular flexibility index (Phi) is 5.45. The Morgan fingerprint density at radius 1 is 1.16 bits per heavy atom. The number of aliphatic hydroxyl groups is 1. The smallest absolute Gasteiger partial charge is 0.0792 e. The molecule has 0 spiro atoms. The molecule has 2 atom stereocenters. The van der Waals surface area contributed by atoms with E-state index in [2.05, 4.69) is 38.1 Å². The summed E-state index contributed by atoms with van der Waals surface area (Å²) < 4.78 is 0. The third-order valence-electron chi connectivity index (χ3n) is 4.47. The van der Waals surface area contributed by atoms with E-state index < -0.39 is 0 Å². The molecular weight excluding hydrogens is 232 g/mol. The lowest BCUT2D eigenvalue weighted by Gasteiger charge is -2.19. The Labute approximate surface area is 118 Å². The molecule has 0 radical (unpaired) electrons. The molecule has 0 aliphatic heterocycles. The second-order valence-corrected chi connectivity index (χ2v) is 6.11. The van der Waals surface area contributed by atoms with Crippen LogP contribution in [0.5, 0.6) is 0 Å². The molecule has 0 amide bonds. The minimum absolute atomic E-state index is 0.282. The van der Waals surface area contributed by atoms with Crippen LogP contribution in [0, 0.1) is 5.92 Å². The monoisotopic (exact) mass is 260 g/mol. The number of unbranched alkanes of at least 4 members (excludes halogenated alkanes) is 1. The standard InChI is InChI=1S/C18H28O/c1-3-5-6-14(4-2)13-18(19)17-11-9-16(10-12-17)15-7-8-15/h9-12,14-15,18-19H,3-8,13H2,1-2H3. The van der Waals surface area contributed by atoms with Crippen molar-refractivity contribution in [2.75, 3.05) is 0 Å². The highest BCUT2D eigenvalue weighted by Crippen LogP contribution is 2.40. The predicted octanol–water partition coefficient (Wildman–Crippen LogP) is 5.20. The first-order valence-electron chi connectivity index (χ1n) is 8.02. The number of hydrogen-bond acceptors (Lipinski definition) is 1. The summed E-state index contributed by atoms with van der Waals surface area (Å²) in [6.45, 7) is 4.48. The van der Waals surface area contributed by atoms with Gasteiger partial charge in [-0.15, -0.1) is 0 Å². The Hall–Kier alpha value is -0.820. The largest absolute Gasteiger partial charge is 0.388 e. The quantitative estimate of drug-likeness (QED) is 0.680. The molecule has 1 saturated carbocycles. The summed E-state index contributed by atoms with van der Waals surface area (Å²) in [5, 5.41) is 10.4. The molecule has 1 heteroatoms. The molecule has 1 aromatic carbocycles. The van der Waals surface area contributed by atoms with Crippen molar-refractivity contribution in [3.8, 4) is 0 Å². The van der Waals surface area contributed by atoms with Crippen molar-refractivity contribution in [3.63, 3.8) is 0 Å². The lowest BCUT2D eigenvalue weighted by atomic mass is 9.90. The van der Waals surface area contributed by atoms with E-state index in [-0.39, 0.29) is 6.10 Å². The van der Waals surface area contributed by atoms with E-state index in [0.717, 1.165) is 17.9 Å². The van der Waals surface area contributed by atoms with Crippen LogP contribution in [0.15, 0.2) is 24.3 Å². The summed E-state index contributed by atoms with van der Waals surface area (Å²) in [6, 6.07) is 8.68. The molecular formula is C18H28O. The summed E-state index contributed by atoms with van der Waals surface area (Å²) in [4.78, 5) is 0. The van der Waals surface area contributed by atoms with Crippen molar-refractivity contribution < 1.29 is 5.11 Å². The molecule has 1 aliphatic carbocycles. The van der Waals surface area contributed by atoms with Gasteiger partial charge in [-0.1, -0.05) is 63.8 Å². The normalized spacial score (nSPS) is 18.3. The van der Waals surface area contributed by atoms with E-state index in [1.54, 1.807) is 0 Å². The predicted molar refractivity (Wildman–Crippen MR) is 81.3 cm³/mol. The minimum atomic E-state index is -0.282. The minimum Gasteiger partial charge on any atom is -0.388 e. The molecule has 2 unspecified atom stereocenters. The van der Waals surface area contributed by atoms with Crippen LogP contribution in [0.3, 0.4) is 0 Å². The van der Waals surface area contributed by atoms with Crippen LogP contribution in [0.1, 0.15) is 81.9 Å². The number of rotatable bonds is 8. The van der Waals surface area contributed by atoms with Crippen LogP contribution >= 0.6 is 0 Å². The molecule has 0 bridgehead atoms. The van der Waals surface area contributed by atoms with Gasteiger partial charge in [0.2, 0.25) is 0 Å². The van der Waals surface area contributed by atoms with Crippen molar-refractivity contribution in [3.05, 3.63) is 35.4 Å². The van der Waals surface area contributed by atoms with Crippen LogP contribution in [0.25, 0.3) is 0 Å². The molecule has 1 aromatic rings. The van der Waals surface area contributed by atoms with E-state index in [1.165, 1.54) is 44.1 Å². The Morgan fingerprint density at radius 2 is 1.84 bits per heavy atom. The van der Waals surface area contributed by atoms with Crippen molar-refractivity contribution in [1.82, 2.24) is 0 Å². The average Bonchev–Trinajstić information content (AvgIpc) is 3.28. The second kappa shape index (κ2) is 7.09. The maximum Gasteiger partial charge on any atom is 0.0792 e. The molecule has 1 N–H and O–H groups in total. The van der Waals surface area contributed by atoms with Gasteiger partial charge in [-0.05, 0) is 42.2 Å². The molecule has 0 saturated heterocycles. The van der Waals surface area contributed by atoms with Gasteiger partial charge < -0.3 is 5.11 Å². The van der Waals surface area contributed by atoms with Gasteiger partial charge in [0.1, 0.15) is 0 Å². The van der Waals surface area contributed by atoms with Gasteiger partial charge in [0.05, 0.1) is 6.10 Å². The van der Waals surface area contributed by atoms with Gasteiger partial charge in [0, 0.05) is 0 Å². The van der Waals surface area contributed by atoms with Crippen molar-refractivity contribution in [1.29, 1.82) is 0 Å². The fraction of sp³-hybridized carbons (Fsp3) is 0.667. The Morgan fingerprint density at radius 3 is 2.37 bits per heavy atom. The van der Waals surface area contributed by atoms with Crippen LogP contribution < -0.4 is 0 Å². The lowest BCUT2D eigenvalue weighted by molar-refractivity contribution is 0.139. The average molecular weight is 260 g/mol. The fourth-order valence-corrected chi connectivity index (χ4v) is 2.84. The molecule has 106 valence electrons. The molecule has 1 fully saturated rings. The van der Waals surface area contributed by atoms with Crippen molar-refractivity contribution in [2.24, 2.45) is 5.92 Å². The molecule has 0 aromatic heterocycles. The highest BCUT2D eigenvalue weighted by molar-refractivity contribution is 5.29. The topological polar surface area (TPSA) is 20.2 Å². The molecule has 1 aliphatic rings. The summed E-state index contributed by atoms with van der Waals surface area (Å²) >= 11 is 0.